The molecule has 0 bridgehead atoms. The molecule has 8 nitrogen and oxygen atoms in total. The van der Waals surface area contributed by atoms with Gasteiger partial charge in [-0.1, -0.05) is 36.4 Å². The summed E-state index contributed by atoms with van der Waals surface area (Å²) in [7, 11) is 0. The van der Waals surface area contributed by atoms with Crippen molar-refractivity contribution < 1.29 is 32.2 Å². The quantitative estimate of drug-likeness (QED) is 0.456. The van der Waals surface area contributed by atoms with E-state index >= 15 is 0 Å². The number of benzene rings is 3. The Morgan fingerprint density at radius 3 is 2.37 bits per heavy atom. The maximum absolute atomic E-state index is 13.3. The zero-order valence-electron chi connectivity index (χ0n) is 19.8. The predicted molar refractivity (Wildman–Crippen MR) is 132 cm³/mol. The lowest BCUT2D eigenvalue weighted by Gasteiger charge is -2.21. The third-order valence-corrected chi connectivity index (χ3v) is 5.79. The Bertz CT molecular complexity index is 1410. The Kier molecular flexibility index (Phi) is 6.73. The number of para-hydroxylation sites is 1. The minimum absolute atomic E-state index is 0.0349. The first kappa shape index (κ1) is 24.9. The standard InChI is InChI=1S/C27H21F3N4O4/c28-27(29,30)22-9-5-4-6-18(22)16-33-14-15-34-17-23(38-26(34)32-25(33)36)24(35)31-19-10-12-21(13-11-19)37-20-7-2-1-3-8-20/h1-13,17H,14-16H2,(H,31,35). The van der Waals surface area contributed by atoms with Crippen LogP contribution in [-0.2, 0) is 22.3 Å². The van der Waals surface area contributed by atoms with E-state index in [-0.39, 0.29) is 37.0 Å². The van der Waals surface area contributed by atoms with Gasteiger partial charge in [-0.05, 0) is 48.0 Å². The molecule has 1 N–H and O–H groups in total. The number of hydrogen-bond acceptors (Lipinski definition) is 5. The Morgan fingerprint density at radius 1 is 0.947 bits per heavy atom. The third kappa shape index (κ3) is 5.61. The van der Waals surface area contributed by atoms with E-state index < -0.39 is 23.7 Å². The second kappa shape index (κ2) is 10.3. The van der Waals surface area contributed by atoms with Crippen LogP contribution in [0.3, 0.4) is 0 Å². The number of amidine groups is 1. The lowest BCUT2D eigenvalue weighted by atomic mass is 10.1. The van der Waals surface area contributed by atoms with E-state index in [2.05, 4.69) is 10.3 Å². The molecule has 0 aliphatic carbocycles. The Balaban J connectivity index is 1.20. The van der Waals surface area contributed by atoms with Crippen LogP contribution in [0.25, 0.3) is 0 Å². The van der Waals surface area contributed by atoms with E-state index in [1.54, 1.807) is 24.3 Å². The molecule has 194 valence electrons. The number of rotatable bonds is 6. The highest BCUT2D eigenvalue weighted by atomic mass is 19.4. The Labute approximate surface area is 215 Å². The summed E-state index contributed by atoms with van der Waals surface area (Å²) in [5.41, 5.74) is -0.346. The topological polar surface area (TPSA) is 83.5 Å². The summed E-state index contributed by atoms with van der Waals surface area (Å²) in [6.45, 7) is -0.00308. The molecule has 0 saturated heterocycles. The van der Waals surface area contributed by atoms with Crippen molar-refractivity contribution in [2.75, 3.05) is 18.4 Å². The molecule has 0 radical (unpaired) electrons. The zero-order chi connectivity index (χ0) is 26.7. The Morgan fingerprint density at radius 2 is 1.63 bits per heavy atom. The molecule has 11 heteroatoms. The maximum Gasteiger partial charge on any atom is 0.416 e. The molecule has 0 saturated carbocycles. The number of ether oxygens (including phenoxy) is 2. The molecular weight excluding hydrogens is 501 g/mol. The molecule has 2 aliphatic heterocycles. The van der Waals surface area contributed by atoms with Crippen molar-refractivity contribution in [3.63, 3.8) is 0 Å². The first-order valence-corrected chi connectivity index (χ1v) is 11.6. The van der Waals surface area contributed by atoms with Crippen molar-refractivity contribution >= 4 is 23.6 Å². The van der Waals surface area contributed by atoms with Crippen molar-refractivity contribution in [1.29, 1.82) is 0 Å². The fraction of sp³-hybridized carbons (Fsp3) is 0.148. The lowest BCUT2D eigenvalue weighted by Crippen LogP contribution is -2.32. The highest BCUT2D eigenvalue weighted by molar-refractivity contribution is 6.06. The summed E-state index contributed by atoms with van der Waals surface area (Å²) in [6, 6.07) is 20.2. The summed E-state index contributed by atoms with van der Waals surface area (Å²) in [5.74, 6) is 0.645. The molecule has 0 spiro atoms. The van der Waals surface area contributed by atoms with Crippen LogP contribution in [-0.4, -0.2) is 40.8 Å². The number of urea groups is 1. The van der Waals surface area contributed by atoms with Crippen LogP contribution in [0.15, 0.2) is 95.8 Å². The summed E-state index contributed by atoms with van der Waals surface area (Å²) in [6.07, 6.45) is -3.14. The lowest BCUT2D eigenvalue weighted by molar-refractivity contribution is -0.138. The van der Waals surface area contributed by atoms with Gasteiger partial charge < -0.3 is 19.7 Å². The molecular formula is C27H21F3N4O4. The van der Waals surface area contributed by atoms with Gasteiger partial charge >= 0.3 is 18.2 Å². The highest BCUT2D eigenvalue weighted by Gasteiger charge is 2.35. The van der Waals surface area contributed by atoms with Crippen LogP contribution >= 0.6 is 0 Å². The molecule has 2 aliphatic rings. The largest absolute Gasteiger partial charge is 0.457 e. The van der Waals surface area contributed by atoms with Crippen molar-refractivity contribution in [2.24, 2.45) is 4.99 Å². The highest BCUT2D eigenvalue weighted by Crippen LogP contribution is 2.33. The van der Waals surface area contributed by atoms with Gasteiger partial charge in [0.25, 0.3) is 5.91 Å². The number of amides is 3. The number of halogens is 3. The van der Waals surface area contributed by atoms with Crippen molar-refractivity contribution in [3.05, 3.63) is 102 Å². The number of nitrogens with one attached hydrogen (secondary N) is 1. The molecule has 3 aromatic carbocycles. The van der Waals surface area contributed by atoms with Crippen LogP contribution in [0, 0.1) is 0 Å². The van der Waals surface area contributed by atoms with Gasteiger partial charge in [-0.2, -0.15) is 13.2 Å². The molecule has 2 heterocycles. The average Bonchev–Trinajstić information content (AvgIpc) is 3.24. The second-order valence-corrected chi connectivity index (χ2v) is 8.44. The van der Waals surface area contributed by atoms with Crippen LogP contribution < -0.4 is 10.1 Å². The summed E-state index contributed by atoms with van der Waals surface area (Å²) in [5, 5.41) is 2.70. The molecule has 3 amide bonds. The van der Waals surface area contributed by atoms with Gasteiger partial charge in [0.1, 0.15) is 11.5 Å². The predicted octanol–water partition coefficient (Wildman–Crippen LogP) is 5.60. The summed E-state index contributed by atoms with van der Waals surface area (Å²) >= 11 is 0. The van der Waals surface area contributed by atoms with E-state index in [0.29, 0.717) is 17.2 Å². The maximum atomic E-state index is 13.3. The minimum Gasteiger partial charge on any atom is -0.457 e. The molecule has 5 rings (SSSR count). The number of carbonyl (C=O) groups excluding carboxylic acids is 2. The molecule has 3 aromatic rings. The first-order valence-electron chi connectivity index (χ1n) is 11.6. The van der Waals surface area contributed by atoms with Crippen molar-refractivity contribution in [1.82, 2.24) is 9.80 Å². The van der Waals surface area contributed by atoms with E-state index in [0.717, 1.165) is 6.07 Å². The van der Waals surface area contributed by atoms with Gasteiger partial charge in [-0.25, -0.2) is 4.79 Å². The van der Waals surface area contributed by atoms with Crippen LogP contribution in [0.2, 0.25) is 0 Å². The second-order valence-electron chi connectivity index (χ2n) is 8.44. The average molecular weight is 522 g/mol. The molecule has 0 unspecified atom stereocenters. The van der Waals surface area contributed by atoms with Gasteiger partial charge in [0.05, 0.1) is 11.8 Å². The number of carbonyl (C=O) groups is 2. The first-order chi connectivity index (χ1) is 18.3. The number of nitrogens with zero attached hydrogens (tertiary/aromatic N) is 3. The summed E-state index contributed by atoms with van der Waals surface area (Å²) < 4.78 is 51.3. The molecule has 0 atom stereocenters. The number of fused-ring (bicyclic) bond motifs is 1. The number of alkyl halides is 3. The SMILES string of the molecule is O=C(Nc1ccc(Oc2ccccc2)cc1)C1=CN2CCN(Cc3ccccc3C(F)(F)F)C(=O)N=C2O1. The van der Waals surface area contributed by atoms with Gasteiger partial charge in [-0.3, -0.25) is 9.69 Å². The molecule has 0 aromatic heterocycles. The number of hydrogen-bond donors (Lipinski definition) is 1. The van der Waals surface area contributed by atoms with Crippen LogP contribution in [0.5, 0.6) is 11.5 Å². The normalized spacial score (nSPS) is 15.2. The van der Waals surface area contributed by atoms with E-state index in [1.165, 1.54) is 34.2 Å². The number of aliphatic imine (C=N–C) groups is 1. The van der Waals surface area contributed by atoms with Crippen molar-refractivity contribution in [2.45, 2.75) is 12.7 Å². The van der Waals surface area contributed by atoms with Crippen molar-refractivity contribution in [3.8, 4) is 11.5 Å². The van der Waals surface area contributed by atoms with E-state index in [4.69, 9.17) is 9.47 Å². The van der Waals surface area contributed by atoms with E-state index in [1.807, 2.05) is 30.3 Å². The van der Waals surface area contributed by atoms with E-state index in [9.17, 15) is 22.8 Å². The fourth-order valence-corrected chi connectivity index (χ4v) is 3.92. The molecule has 38 heavy (non-hydrogen) atoms. The zero-order valence-corrected chi connectivity index (χ0v) is 19.8. The van der Waals surface area contributed by atoms with Crippen LogP contribution in [0.4, 0.5) is 23.7 Å². The molecule has 0 fully saturated rings. The third-order valence-electron chi connectivity index (χ3n) is 5.79. The number of anilines is 1. The fourth-order valence-electron chi connectivity index (χ4n) is 3.92. The monoisotopic (exact) mass is 522 g/mol. The van der Waals surface area contributed by atoms with Gasteiger partial charge in [0.15, 0.2) is 0 Å². The van der Waals surface area contributed by atoms with Gasteiger partial charge in [0.2, 0.25) is 5.76 Å². The smallest absolute Gasteiger partial charge is 0.416 e. The van der Waals surface area contributed by atoms with Gasteiger partial charge in [-0.15, -0.1) is 4.99 Å². The van der Waals surface area contributed by atoms with Crippen LogP contribution in [0.1, 0.15) is 11.1 Å². The minimum atomic E-state index is -4.54. The van der Waals surface area contributed by atoms with Gasteiger partial charge in [0, 0.05) is 25.3 Å². The Hall–Kier alpha value is -4.80. The summed E-state index contributed by atoms with van der Waals surface area (Å²) in [4.78, 5) is 31.9.